The molecule has 15 heavy (non-hydrogen) atoms. The van der Waals surface area contributed by atoms with Gasteiger partial charge in [-0.05, 0) is 44.4 Å². The Morgan fingerprint density at radius 2 is 2.20 bits per heavy atom. The number of carbonyl (C=O) groups excluding carboxylic acids is 1. The lowest BCUT2D eigenvalue weighted by Crippen LogP contribution is -2.07. The lowest BCUT2D eigenvalue weighted by molar-refractivity contribution is 0.0978. The van der Waals surface area contributed by atoms with Crippen LogP contribution in [0.5, 0.6) is 0 Å². The Morgan fingerprint density at radius 3 is 2.73 bits per heavy atom. The number of carbonyl (C=O) groups is 1. The first-order valence-electron chi connectivity index (χ1n) is 5.43. The molecule has 84 valence electrons. The van der Waals surface area contributed by atoms with Crippen molar-refractivity contribution in [3.63, 3.8) is 0 Å². The molecule has 0 spiro atoms. The van der Waals surface area contributed by atoms with Crippen LogP contribution in [0, 0.1) is 12.8 Å². The molecule has 2 nitrogen and oxygen atoms in total. The minimum absolute atomic E-state index is 0.275. The zero-order valence-corrected chi connectivity index (χ0v) is 10.3. The lowest BCUT2D eigenvalue weighted by atomic mass is 10.00. The van der Waals surface area contributed by atoms with Gasteiger partial charge < -0.3 is 5.73 Å². The van der Waals surface area contributed by atoms with Gasteiger partial charge in [0.1, 0.15) is 0 Å². The van der Waals surface area contributed by atoms with Crippen molar-refractivity contribution < 1.29 is 4.79 Å². The third kappa shape index (κ3) is 4.14. The van der Waals surface area contributed by atoms with Gasteiger partial charge >= 0.3 is 0 Å². The van der Waals surface area contributed by atoms with Gasteiger partial charge in [-0.1, -0.05) is 6.92 Å². The van der Waals surface area contributed by atoms with E-state index in [1.807, 2.05) is 19.1 Å². The Morgan fingerprint density at radius 1 is 1.47 bits per heavy atom. The first-order valence-corrected chi connectivity index (χ1v) is 6.25. The first kappa shape index (κ1) is 12.4. The highest BCUT2D eigenvalue weighted by Crippen LogP contribution is 2.19. The molecule has 0 amide bonds. The van der Waals surface area contributed by atoms with Gasteiger partial charge in [0.05, 0.1) is 4.88 Å². The number of ketones is 1. The summed E-state index contributed by atoms with van der Waals surface area (Å²) in [6.45, 7) is 4.89. The summed E-state index contributed by atoms with van der Waals surface area (Å²) in [5.74, 6) is 0.831. The maximum absolute atomic E-state index is 11.7. The average molecular weight is 225 g/mol. The van der Waals surface area contributed by atoms with Crippen LogP contribution in [0.1, 0.15) is 40.7 Å². The third-order valence-electron chi connectivity index (χ3n) is 2.54. The molecule has 0 fully saturated rings. The van der Waals surface area contributed by atoms with E-state index >= 15 is 0 Å². The second kappa shape index (κ2) is 6.03. The number of hydrogen-bond donors (Lipinski definition) is 1. The number of rotatable bonds is 6. The maximum atomic E-state index is 11.7. The largest absolute Gasteiger partial charge is 0.330 e. The molecule has 0 radical (unpaired) electrons. The Bertz CT molecular complexity index is 319. The van der Waals surface area contributed by atoms with E-state index in [0.717, 1.165) is 17.7 Å². The molecule has 1 atom stereocenters. The number of aryl methyl sites for hydroxylation is 1. The molecule has 0 saturated carbocycles. The number of hydrogen-bond acceptors (Lipinski definition) is 3. The molecule has 3 heteroatoms. The van der Waals surface area contributed by atoms with Gasteiger partial charge in [0.15, 0.2) is 5.78 Å². The molecule has 0 aliphatic carbocycles. The molecule has 1 heterocycles. The predicted molar refractivity (Wildman–Crippen MR) is 65.5 cm³/mol. The minimum Gasteiger partial charge on any atom is -0.330 e. The van der Waals surface area contributed by atoms with Crippen LogP contribution in [0.3, 0.4) is 0 Å². The van der Waals surface area contributed by atoms with E-state index in [9.17, 15) is 4.79 Å². The lowest BCUT2D eigenvalue weighted by Gasteiger charge is -2.07. The molecule has 0 saturated heterocycles. The molecule has 2 N–H and O–H groups in total. The summed E-state index contributed by atoms with van der Waals surface area (Å²) in [4.78, 5) is 13.8. The van der Waals surface area contributed by atoms with Gasteiger partial charge in [-0.25, -0.2) is 0 Å². The Labute approximate surface area is 95.5 Å². The maximum Gasteiger partial charge on any atom is 0.172 e. The summed E-state index contributed by atoms with van der Waals surface area (Å²) in [5, 5.41) is 0. The second-order valence-electron chi connectivity index (χ2n) is 4.05. The van der Waals surface area contributed by atoms with Crippen LogP contribution in [0.15, 0.2) is 12.1 Å². The minimum atomic E-state index is 0.275. The van der Waals surface area contributed by atoms with E-state index < -0.39 is 0 Å². The van der Waals surface area contributed by atoms with E-state index in [0.29, 0.717) is 18.9 Å². The predicted octanol–water partition coefficient (Wildman–Crippen LogP) is 3.00. The van der Waals surface area contributed by atoms with E-state index in [1.54, 1.807) is 11.3 Å². The first-order chi connectivity index (χ1) is 7.13. The number of Topliss-reactive ketones (excluding diaryl/α,β-unsaturated/α-hetero) is 1. The zero-order valence-electron chi connectivity index (χ0n) is 9.45. The van der Waals surface area contributed by atoms with E-state index in [2.05, 4.69) is 6.92 Å². The highest BCUT2D eigenvalue weighted by Gasteiger charge is 2.10. The van der Waals surface area contributed by atoms with Gasteiger partial charge in [-0.15, -0.1) is 11.3 Å². The Balaban J connectivity index is 2.36. The summed E-state index contributed by atoms with van der Waals surface area (Å²) in [7, 11) is 0. The van der Waals surface area contributed by atoms with E-state index in [1.165, 1.54) is 4.88 Å². The molecule has 0 aliphatic rings. The summed E-state index contributed by atoms with van der Waals surface area (Å²) >= 11 is 1.59. The third-order valence-corrected chi connectivity index (χ3v) is 3.58. The fraction of sp³-hybridized carbons (Fsp3) is 0.583. The summed E-state index contributed by atoms with van der Waals surface area (Å²) in [6, 6.07) is 3.93. The van der Waals surface area contributed by atoms with Crippen molar-refractivity contribution in [3.8, 4) is 0 Å². The van der Waals surface area contributed by atoms with Crippen molar-refractivity contribution in [2.24, 2.45) is 11.7 Å². The SMILES string of the molecule is Cc1ccc(C(=O)CCC(C)CCN)s1. The molecular formula is C12H19NOS. The molecule has 1 rings (SSSR count). The smallest absolute Gasteiger partial charge is 0.172 e. The van der Waals surface area contributed by atoms with Crippen molar-refractivity contribution in [1.82, 2.24) is 0 Å². The fourth-order valence-corrected chi connectivity index (χ4v) is 2.35. The van der Waals surface area contributed by atoms with Crippen LogP contribution < -0.4 is 5.73 Å². The highest BCUT2D eigenvalue weighted by atomic mass is 32.1. The standard InChI is InChI=1S/C12H19NOS/c1-9(7-8-13)3-5-11(14)12-6-4-10(2)15-12/h4,6,9H,3,5,7-8,13H2,1-2H3. The van der Waals surface area contributed by atoms with Crippen LogP contribution >= 0.6 is 11.3 Å². The molecule has 0 aliphatic heterocycles. The monoisotopic (exact) mass is 225 g/mol. The van der Waals surface area contributed by atoms with E-state index in [4.69, 9.17) is 5.73 Å². The summed E-state index contributed by atoms with van der Waals surface area (Å²) < 4.78 is 0. The molecule has 1 aromatic heterocycles. The fourth-order valence-electron chi connectivity index (χ4n) is 1.51. The normalized spacial score (nSPS) is 12.7. The van der Waals surface area contributed by atoms with Crippen molar-refractivity contribution in [3.05, 3.63) is 21.9 Å². The van der Waals surface area contributed by atoms with Crippen LogP contribution in [0.2, 0.25) is 0 Å². The average Bonchev–Trinajstić information content (AvgIpc) is 2.62. The molecular weight excluding hydrogens is 206 g/mol. The van der Waals surface area contributed by atoms with Gasteiger partial charge in [-0.2, -0.15) is 0 Å². The molecule has 0 bridgehead atoms. The van der Waals surface area contributed by atoms with Gasteiger partial charge in [-0.3, -0.25) is 4.79 Å². The Hall–Kier alpha value is -0.670. The topological polar surface area (TPSA) is 43.1 Å². The molecule has 0 aromatic carbocycles. The zero-order chi connectivity index (χ0) is 11.3. The molecule has 1 unspecified atom stereocenters. The van der Waals surface area contributed by atoms with Gasteiger partial charge in [0.25, 0.3) is 0 Å². The van der Waals surface area contributed by atoms with Crippen molar-refractivity contribution in [2.75, 3.05) is 6.54 Å². The van der Waals surface area contributed by atoms with Crippen molar-refractivity contribution in [2.45, 2.75) is 33.1 Å². The second-order valence-corrected chi connectivity index (χ2v) is 5.34. The highest BCUT2D eigenvalue weighted by molar-refractivity contribution is 7.14. The van der Waals surface area contributed by atoms with Crippen LogP contribution in [0.25, 0.3) is 0 Å². The van der Waals surface area contributed by atoms with Crippen LogP contribution in [0.4, 0.5) is 0 Å². The Kier molecular flexibility index (Phi) is 4.99. The van der Waals surface area contributed by atoms with Crippen molar-refractivity contribution in [1.29, 1.82) is 0 Å². The molecule has 1 aromatic rings. The van der Waals surface area contributed by atoms with Crippen LogP contribution in [-0.2, 0) is 0 Å². The summed E-state index contributed by atoms with van der Waals surface area (Å²) in [6.07, 6.45) is 2.62. The van der Waals surface area contributed by atoms with Crippen LogP contribution in [-0.4, -0.2) is 12.3 Å². The van der Waals surface area contributed by atoms with Gasteiger partial charge in [0, 0.05) is 11.3 Å². The number of thiophene rings is 1. The van der Waals surface area contributed by atoms with Gasteiger partial charge in [0.2, 0.25) is 0 Å². The number of nitrogens with two attached hydrogens (primary N) is 1. The quantitative estimate of drug-likeness (QED) is 0.756. The van der Waals surface area contributed by atoms with E-state index in [-0.39, 0.29) is 5.78 Å². The van der Waals surface area contributed by atoms with Crippen molar-refractivity contribution >= 4 is 17.1 Å². The summed E-state index contributed by atoms with van der Waals surface area (Å²) in [5.41, 5.74) is 5.47.